The molecule has 0 aliphatic carbocycles. The van der Waals surface area contributed by atoms with E-state index in [2.05, 4.69) is 11.8 Å². The maximum Gasteiger partial charge on any atom is 0.278 e. The number of piperidine rings is 1. The zero-order valence-electron chi connectivity index (χ0n) is 16.8. The standard InChI is InChI=1S/C24H25FN2O2/c1-16-5-9-19(10-6-16)21-22(26-13-3-4-17(2)14-26)24(29)27(23(21)28)15-18-7-11-20(25)12-8-18/h5-12,17H,3-4,13-15H2,1-2H3. The number of likely N-dealkylation sites (tertiary alicyclic amines) is 1. The van der Waals surface area contributed by atoms with Crippen molar-refractivity contribution in [3.8, 4) is 0 Å². The molecule has 2 aromatic rings. The van der Waals surface area contributed by atoms with Crippen LogP contribution in [0.4, 0.5) is 4.39 Å². The molecule has 1 unspecified atom stereocenters. The van der Waals surface area contributed by atoms with Gasteiger partial charge in [0.1, 0.15) is 11.5 Å². The largest absolute Gasteiger partial charge is 0.366 e. The Morgan fingerprint density at radius 3 is 2.34 bits per heavy atom. The van der Waals surface area contributed by atoms with Crippen molar-refractivity contribution in [2.75, 3.05) is 13.1 Å². The fourth-order valence-corrected chi connectivity index (χ4v) is 4.15. The number of halogens is 1. The molecule has 4 rings (SSSR count). The van der Waals surface area contributed by atoms with Crippen molar-refractivity contribution in [2.45, 2.75) is 33.2 Å². The number of imide groups is 1. The molecule has 0 radical (unpaired) electrons. The van der Waals surface area contributed by atoms with Crippen molar-refractivity contribution < 1.29 is 14.0 Å². The van der Waals surface area contributed by atoms with Crippen LogP contribution in [-0.4, -0.2) is 34.7 Å². The van der Waals surface area contributed by atoms with Crippen LogP contribution in [0.25, 0.3) is 5.57 Å². The van der Waals surface area contributed by atoms with Crippen molar-refractivity contribution in [3.63, 3.8) is 0 Å². The van der Waals surface area contributed by atoms with Crippen LogP contribution < -0.4 is 0 Å². The third-order valence-electron chi connectivity index (χ3n) is 5.71. The molecule has 4 nitrogen and oxygen atoms in total. The lowest BCUT2D eigenvalue weighted by molar-refractivity contribution is -0.138. The highest BCUT2D eigenvalue weighted by Gasteiger charge is 2.42. The van der Waals surface area contributed by atoms with E-state index in [1.165, 1.54) is 17.0 Å². The first-order valence-electron chi connectivity index (χ1n) is 10.1. The first-order valence-corrected chi connectivity index (χ1v) is 10.1. The maximum absolute atomic E-state index is 13.4. The molecular weight excluding hydrogens is 367 g/mol. The fourth-order valence-electron chi connectivity index (χ4n) is 4.15. The molecule has 1 atom stereocenters. The van der Waals surface area contributed by atoms with E-state index < -0.39 is 0 Å². The van der Waals surface area contributed by atoms with E-state index in [0.717, 1.165) is 42.6 Å². The molecule has 1 saturated heterocycles. The zero-order chi connectivity index (χ0) is 20.5. The average Bonchev–Trinajstić information content (AvgIpc) is 2.95. The fraction of sp³-hybridized carbons (Fsp3) is 0.333. The van der Waals surface area contributed by atoms with E-state index in [1.807, 2.05) is 31.2 Å². The minimum absolute atomic E-state index is 0.139. The molecule has 1 fully saturated rings. The van der Waals surface area contributed by atoms with Gasteiger partial charge in [0.15, 0.2) is 0 Å². The highest BCUT2D eigenvalue weighted by molar-refractivity contribution is 6.35. The number of benzene rings is 2. The molecule has 0 N–H and O–H groups in total. The van der Waals surface area contributed by atoms with E-state index in [9.17, 15) is 14.0 Å². The minimum Gasteiger partial charge on any atom is -0.366 e. The molecule has 2 aromatic carbocycles. The van der Waals surface area contributed by atoms with E-state index in [4.69, 9.17) is 0 Å². The molecule has 2 aliphatic heterocycles. The van der Waals surface area contributed by atoms with Gasteiger partial charge in [-0.3, -0.25) is 14.5 Å². The van der Waals surface area contributed by atoms with Crippen molar-refractivity contribution in [3.05, 3.63) is 76.7 Å². The van der Waals surface area contributed by atoms with E-state index in [0.29, 0.717) is 17.2 Å². The predicted octanol–water partition coefficient (Wildman–Crippen LogP) is 4.15. The van der Waals surface area contributed by atoms with Gasteiger partial charge in [0.05, 0.1) is 12.1 Å². The van der Waals surface area contributed by atoms with Crippen LogP contribution in [0.15, 0.2) is 54.2 Å². The molecule has 0 aromatic heterocycles. The number of nitrogens with zero attached hydrogens (tertiary/aromatic N) is 2. The van der Waals surface area contributed by atoms with Gasteiger partial charge in [0.25, 0.3) is 11.8 Å². The highest BCUT2D eigenvalue weighted by atomic mass is 19.1. The number of amides is 2. The summed E-state index contributed by atoms with van der Waals surface area (Å²) in [5.74, 6) is -0.403. The molecule has 2 amide bonds. The molecule has 5 heteroatoms. The number of aryl methyl sites for hydroxylation is 1. The van der Waals surface area contributed by atoms with Crippen LogP contribution in [0.5, 0.6) is 0 Å². The van der Waals surface area contributed by atoms with Gasteiger partial charge < -0.3 is 4.90 Å². The lowest BCUT2D eigenvalue weighted by Crippen LogP contribution is -2.39. The Hall–Kier alpha value is -2.95. The lowest BCUT2D eigenvalue weighted by Gasteiger charge is -2.33. The van der Waals surface area contributed by atoms with Gasteiger partial charge in [-0.1, -0.05) is 48.9 Å². The smallest absolute Gasteiger partial charge is 0.278 e. The summed E-state index contributed by atoms with van der Waals surface area (Å²) in [5, 5.41) is 0. The molecule has 2 heterocycles. The summed E-state index contributed by atoms with van der Waals surface area (Å²) in [5.41, 5.74) is 3.58. The Labute approximate surface area is 170 Å². The molecule has 2 aliphatic rings. The Morgan fingerprint density at radius 2 is 1.69 bits per heavy atom. The van der Waals surface area contributed by atoms with Crippen LogP contribution in [0.1, 0.15) is 36.5 Å². The van der Waals surface area contributed by atoms with Gasteiger partial charge in [-0.2, -0.15) is 0 Å². The molecule has 0 spiro atoms. The van der Waals surface area contributed by atoms with Crippen molar-refractivity contribution in [1.82, 2.24) is 9.80 Å². The Bertz CT molecular complexity index is 963. The van der Waals surface area contributed by atoms with Crippen LogP contribution in [-0.2, 0) is 16.1 Å². The lowest BCUT2D eigenvalue weighted by atomic mass is 9.97. The minimum atomic E-state index is -0.339. The second-order valence-electron chi connectivity index (χ2n) is 8.11. The molecule has 29 heavy (non-hydrogen) atoms. The third-order valence-corrected chi connectivity index (χ3v) is 5.71. The monoisotopic (exact) mass is 392 g/mol. The molecular formula is C24H25FN2O2. The van der Waals surface area contributed by atoms with Crippen molar-refractivity contribution in [1.29, 1.82) is 0 Å². The molecule has 150 valence electrons. The van der Waals surface area contributed by atoms with Gasteiger partial charge in [-0.05, 0) is 48.9 Å². The second kappa shape index (κ2) is 7.82. The second-order valence-corrected chi connectivity index (χ2v) is 8.11. The van der Waals surface area contributed by atoms with Gasteiger partial charge in [-0.25, -0.2) is 4.39 Å². The summed E-state index contributed by atoms with van der Waals surface area (Å²) in [6.45, 7) is 5.86. The van der Waals surface area contributed by atoms with E-state index in [1.54, 1.807) is 12.1 Å². The van der Waals surface area contributed by atoms with Crippen molar-refractivity contribution >= 4 is 17.4 Å². The number of hydrogen-bond acceptors (Lipinski definition) is 3. The van der Waals surface area contributed by atoms with Crippen LogP contribution in [0.3, 0.4) is 0 Å². The predicted molar refractivity (Wildman–Crippen MR) is 110 cm³/mol. The third kappa shape index (κ3) is 3.82. The summed E-state index contributed by atoms with van der Waals surface area (Å²) in [6.07, 6.45) is 2.14. The zero-order valence-corrected chi connectivity index (χ0v) is 16.8. The Balaban J connectivity index is 1.72. The first kappa shape index (κ1) is 19.4. The summed E-state index contributed by atoms with van der Waals surface area (Å²) in [6, 6.07) is 13.7. The van der Waals surface area contributed by atoms with Crippen LogP contribution >= 0.6 is 0 Å². The van der Waals surface area contributed by atoms with Crippen LogP contribution in [0, 0.1) is 18.7 Å². The van der Waals surface area contributed by atoms with Crippen molar-refractivity contribution in [2.24, 2.45) is 5.92 Å². The van der Waals surface area contributed by atoms with Crippen LogP contribution in [0.2, 0.25) is 0 Å². The Morgan fingerprint density at radius 1 is 1.00 bits per heavy atom. The maximum atomic E-state index is 13.4. The topological polar surface area (TPSA) is 40.6 Å². The van der Waals surface area contributed by atoms with Gasteiger partial charge in [0.2, 0.25) is 0 Å². The normalized spacial score (nSPS) is 20.0. The van der Waals surface area contributed by atoms with Gasteiger partial charge in [-0.15, -0.1) is 0 Å². The number of carbonyl (C=O) groups excluding carboxylic acids is 2. The number of hydrogen-bond donors (Lipinski definition) is 0. The Kier molecular flexibility index (Phi) is 5.22. The first-order chi connectivity index (χ1) is 13.9. The van der Waals surface area contributed by atoms with E-state index >= 15 is 0 Å². The SMILES string of the molecule is Cc1ccc(C2=C(N3CCCC(C)C3)C(=O)N(Cc3ccc(F)cc3)C2=O)cc1. The quantitative estimate of drug-likeness (QED) is 0.734. The summed E-state index contributed by atoms with van der Waals surface area (Å²) < 4.78 is 13.2. The summed E-state index contributed by atoms with van der Waals surface area (Å²) in [4.78, 5) is 30.1. The molecule has 0 bridgehead atoms. The van der Waals surface area contributed by atoms with E-state index in [-0.39, 0.29) is 24.2 Å². The number of carbonyl (C=O) groups is 2. The van der Waals surface area contributed by atoms with Gasteiger partial charge in [0, 0.05) is 13.1 Å². The number of rotatable bonds is 4. The highest BCUT2D eigenvalue weighted by Crippen LogP contribution is 2.34. The molecule has 0 saturated carbocycles. The van der Waals surface area contributed by atoms with Gasteiger partial charge >= 0.3 is 0 Å². The summed E-state index contributed by atoms with van der Waals surface area (Å²) in [7, 11) is 0. The average molecular weight is 392 g/mol. The summed E-state index contributed by atoms with van der Waals surface area (Å²) >= 11 is 0.